The van der Waals surface area contributed by atoms with Crippen LogP contribution < -0.4 is 11.2 Å². The molecule has 0 atom stereocenters. The zero-order valence-corrected chi connectivity index (χ0v) is 9.03. The van der Waals surface area contributed by atoms with Gasteiger partial charge in [0.15, 0.2) is 5.43 Å². The van der Waals surface area contributed by atoms with Crippen molar-refractivity contribution in [2.45, 2.75) is 13.5 Å². The second-order valence-electron chi connectivity index (χ2n) is 3.43. The average molecular weight is 219 g/mol. The van der Waals surface area contributed by atoms with Crippen LogP contribution in [0.3, 0.4) is 0 Å². The molecule has 1 heterocycles. The predicted octanol–water partition coefficient (Wildman–Crippen LogP) is 1.91. The minimum absolute atomic E-state index is 0.131. The Morgan fingerprint density at radius 1 is 1.44 bits per heavy atom. The summed E-state index contributed by atoms with van der Waals surface area (Å²) < 4.78 is 10.7. The number of rotatable bonds is 3. The molecule has 0 amide bonds. The summed E-state index contributed by atoms with van der Waals surface area (Å²) in [5, 5.41) is 0.433. The fourth-order valence-electron chi connectivity index (χ4n) is 1.56. The van der Waals surface area contributed by atoms with Crippen molar-refractivity contribution in [2.24, 2.45) is 0 Å². The number of fused-ring (bicyclic) bond motifs is 1. The lowest BCUT2D eigenvalue weighted by molar-refractivity contribution is 0.118. The molecule has 0 spiro atoms. The highest BCUT2D eigenvalue weighted by Gasteiger charge is 2.06. The number of ether oxygens (including phenoxy) is 1. The van der Waals surface area contributed by atoms with Crippen molar-refractivity contribution < 1.29 is 9.15 Å². The van der Waals surface area contributed by atoms with E-state index in [1.54, 1.807) is 18.2 Å². The van der Waals surface area contributed by atoms with Crippen LogP contribution in [0.5, 0.6) is 0 Å². The van der Waals surface area contributed by atoms with Crippen molar-refractivity contribution in [1.82, 2.24) is 0 Å². The second kappa shape index (κ2) is 4.37. The summed E-state index contributed by atoms with van der Waals surface area (Å²) in [4.78, 5) is 11.8. The average Bonchev–Trinajstić information content (AvgIpc) is 2.26. The topological polar surface area (TPSA) is 65.5 Å². The SMILES string of the molecule is CCOCc1cc(=O)c2c(N)cccc2o1. The van der Waals surface area contributed by atoms with E-state index in [2.05, 4.69) is 0 Å². The van der Waals surface area contributed by atoms with E-state index in [4.69, 9.17) is 14.9 Å². The van der Waals surface area contributed by atoms with Gasteiger partial charge in [-0.1, -0.05) is 6.07 Å². The first-order valence-electron chi connectivity index (χ1n) is 5.11. The first-order valence-corrected chi connectivity index (χ1v) is 5.11. The van der Waals surface area contributed by atoms with Crippen LogP contribution in [-0.2, 0) is 11.3 Å². The van der Waals surface area contributed by atoms with Gasteiger partial charge in [0.1, 0.15) is 18.0 Å². The number of benzene rings is 1. The normalized spacial score (nSPS) is 10.8. The lowest BCUT2D eigenvalue weighted by atomic mass is 10.2. The van der Waals surface area contributed by atoms with Crippen LogP contribution in [-0.4, -0.2) is 6.61 Å². The van der Waals surface area contributed by atoms with E-state index in [1.807, 2.05) is 6.92 Å². The largest absolute Gasteiger partial charge is 0.458 e. The van der Waals surface area contributed by atoms with Gasteiger partial charge in [-0.05, 0) is 19.1 Å². The van der Waals surface area contributed by atoms with Gasteiger partial charge in [-0.3, -0.25) is 4.79 Å². The molecule has 0 aliphatic heterocycles. The Hall–Kier alpha value is -1.81. The molecular weight excluding hydrogens is 206 g/mol. The van der Waals surface area contributed by atoms with E-state index in [0.717, 1.165) is 0 Å². The van der Waals surface area contributed by atoms with Gasteiger partial charge in [0.05, 0.1) is 5.39 Å². The van der Waals surface area contributed by atoms with Crippen LogP contribution in [0.2, 0.25) is 0 Å². The summed E-state index contributed by atoms with van der Waals surface area (Å²) in [7, 11) is 0. The number of anilines is 1. The molecule has 0 aliphatic carbocycles. The molecule has 2 aromatic rings. The molecule has 4 heteroatoms. The molecule has 1 aromatic heterocycles. The van der Waals surface area contributed by atoms with E-state index in [0.29, 0.717) is 35.6 Å². The maximum Gasteiger partial charge on any atom is 0.195 e. The molecule has 16 heavy (non-hydrogen) atoms. The van der Waals surface area contributed by atoms with Gasteiger partial charge in [-0.2, -0.15) is 0 Å². The molecule has 4 nitrogen and oxygen atoms in total. The fraction of sp³-hybridized carbons (Fsp3) is 0.250. The van der Waals surface area contributed by atoms with Gasteiger partial charge in [-0.25, -0.2) is 0 Å². The zero-order valence-electron chi connectivity index (χ0n) is 9.03. The Bertz CT molecular complexity index is 560. The minimum Gasteiger partial charge on any atom is -0.458 e. The van der Waals surface area contributed by atoms with Gasteiger partial charge in [0.25, 0.3) is 0 Å². The van der Waals surface area contributed by atoms with Crippen molar-refractivity contribution in [1.29, 1.82) is 0 Å². The van der Waals surface area contributed by atoms with Crippen molar-refractivity contribution in [3.05, 3.63) is 40.2 Å². The monoisotopic (exact) mass is 219 g/mol. The summed E-state index contributed by atoms with van der Waals surface area (Å²) in [5.41, 5.74) is 6.53. The smallest absolute Gasteiger partial charge is 0.195 e. The third kappa shape index (κ3) is 1.92. The zero-order chi connectivity index (χ0) is 11.5. The van der Waals surface area contributed by atoms with Gasteiger partial charge in [0.2, 0.25) is 0 Å². The predicted molar refractivity (Wildman–Crippen MR) is 62.2 cm³/mol. The number of hydrogen-bond donors (Lipinski definition) is 1. The van der Waals surface area contributed by atoms with Gasteiger partial charge in [-0.15, -0.1) is 0 Å². The van der Waals surface area contributed by atoms with E-state index in [1.165, 1.54) is 6.07 Å². The third-order valence-electron chi connectivity index (χ3n) is 2.29. The fourth-order valence-corrected chi connectivity index (χ4v) is 1.56. The lowest BCUT2D eigenvalue weighted by Crippen LogP contribution is -2.05. The second-order valence-corrected chi connectivity index (χ2v) is 3.43. The maximum absolute atomic E-state index is 11.8. The van der Waals surface area contributed by atoms with Gasteiger partial charge in [0, 0.05) is 18.4 Å². The molecule has 0 saturated carbocycles. The molecule has 0 radical (unpaired) electrons. The number of hydrogen-bond acceptors (Lipinski definition) is 4. The van der Waals surface area contributed by atoms with E-state index in [9.17, 15) is 4.79 Å². The highest BCUT2D eigenvalue weighted by molar-refractivity contribution is 5.88. The molecule has 0 fully saturated rings. The summed E-state index contributed by atoms with van der Waals surface area (Å²) in [6.07, 6.45) is 0. The van der Waals surface area contributed by atoms with Crippen LogP contribution in [0, 0.1) is 0 Å². The summed E-state index contributed by atoms with van der Waals surface area (Å²) >= 11 is 0. The standard InChI is InChI=1S/C12H13NO3/c1-2-15-7-8-6-10(14)12-9(13)4-3-5-11(12)16-8/h3-6H,2,7,13H2,1H3. The van der Waals surface area contributed by atoms with E-state index < -0.39 is 0 Å². The summed E-state index contributed by atoms with van der Waals surface area (Å²) in [6, 6.07) is 6.59. The Kier molecular flexibility index (Phi) is 2.92. The molecule has 2 rings (SSSR count). The van der Waals surface area contributed by atoms with E-state index in [-0.39, 0.29) is 5.43 Å². The first kappa shape index (κ1) is 10.7. The third-order valence-corrected chi connectivity index (χ3v) is 2.29. The quantitative estimate of drug-likeness (QED) is 0.801. The lowest BCUT2D eigenvalue weighted by Gasteiger charge is -2.04. The van der Waals surface area contributed by atoms with Crippen LogP contribution in [0.1, 0.15) is 12.7 Å². The Morgan fingerprint density at radius 3 is 3.00 bits per heavy atom. The van der Waals surface area contributed by atoms with E-state index >= 15 is 0 Å². The molecule has 1 aromatic carbocycles. The molecular formula is C12H13NO3. The van der Waals surface area contributed by atoms with Gasteiger partial charge < -0.3 is 14.9 Å². The molecule has 84 valence electrons. The van der Waals surface area contributed by atoms with Crippen LogP contribution >= 0.6 is 0 Å². The van der Waals surface area contributed by atoms with Crippen LogP contribution in [0.15, 0.2) is 33.5 Å². The minimum atomic E-state index is -0.131. The molecule has 0 aliphatic rings. The Morgan fingerprint density at radius 2 is 2.25 bits per heavy atom. The Balaban J connectivity index is 2.55. The first-order chi connectivity index (χ1) is 7.72. The Labute approximate surface area is 92.6 Å². The number of nitrogen functional groups attached to an aromatic ring is 1. The molecule has 2 N–H and O–H groups in total. The maximum atomic E-state index is 11.8. The summed E-state index contributed by atoms with van der Waals surface area (Å²) in [6.45, 7) is 2.77. The van der Waals surface area contributed by atoms with Crippen molar-refractivity contribution in [3.8, 4) is 0 Å². The summed E-state index contributed by atoms with van der Waals surface area (Å²) in [5.74, 6) is 0.518. The molecule has 0 bridgehead atoms. The highest BCUT2D eigenvalue weighted by Crippen LogP contribution is 2.18. The number of nitrogens with two attached hydrogens (primary N) is 1. The van der Waals surface area contributed by atoms with Crippen LogP contribution in [0.25, 0.3) is 11.0 Å². The van der Waals surface area contributed by atoms with Crippen LogP contribution in [0.4, 0.5) is 5.69 Å². The highest BCUT2D eigenvalue weighted by atomic mass is 16.5. The molecule has 0 saturated heterocycles. The van der Waals surface area contributed by atoms with Gasteiger partial charge >= 0.3 is 0 Å². The van der Waals surface area contributed by atoms with Crippen molar-refractivity contribution >= 4 is 16.7 Å². The molecule has 0 unspecified atom stereocenters. The van der Waals surface area contributed by atoms with Crippen molar-refractivity contribution in [2.75, 3.05) is 12.3 Å². The van der Waals surface area contributed by atoms with Crippen molar-refractivity contribution in [3.63, 3.8) is 0 Å².